The summed E-state index contributed by atoms with van der Waals surface area (Å²) in [5.41, 5.74) is 0.214. The van der Waals surface area contributed by atoms with Gasteiger partial charge in [0.1, 0.15) is 5.82 Å². The van der Waals surface area contributed by atoms with Gasteiger partial charge in [-0.25, -0.2) is 13.2 Å². The van der Waals surface area contributed by atoms with Crippen LogP contribution in [0.4, 0.5) is 13.2 Å². The summed E-state index contributed by atoms with van der Waals surface area (Å²) in [5.74, 6) is -2.81. The first-order valence-corrected chi connectivity index (χ1v) is 5.73. The summed E-state index contributed by atoms with van der Waals surface area (Å²) >= 11 is 0. The molecular weight excluding hydrogens is 265 g/mol. The fourth-order valence-electron chi connectivity index (χ4n) is 1.99. The summed E-state index contributed by atoms with van der Waals surface area (Å²) in [6, 6.07) is 1.56. The van der Waals surface area contributed by atoms with E-state index in [1.165, 1.54) is 0 Å². The summed E-state index contributed by atoms with van der Waals surface area (Å²) in [6.45, 7) is 3.73. The van der Waals surface area contributed by atoms with E-state index in [0.717, 1.165) is 38.7 Å². The van der Waals surface area contributed by atoms with Gasteiger partial charge in [-0.2, -0.15) is 0 Å². The minimum atomic E-state index is -1.14. The van der Waals surface area contributed by atoms with Crippen LogP contribution in [-0.2, 0) is 6.54 Å². The Bertz CT molecular complexity index is 393. The molecule has 0 aliphatic carbocycles. The second-order valence-corrected chi connectivity index (χ2v) is 4.24. The van der Waals surface area contributed by atoms with E-state index in [1.54, 1.807) is 0 Å². The van der Waals surface area contributed by atoms with Crippen molar-refractivity contribution >= 4 is 12.4 Å². The summed E-state index contributed by atoms with van der Waals surface area (Å²) in [4.78, 5) is 2.04. The molecule has 1 saturated heterocycles. The highest BCUT2D eigenvalue weighted by atomic mass is 35.5. The van der Waals surface area contributed by atoms with Crippen LogP contribution in [0.5, 0.6) is 0 Å². The van der Waals surface area contributed by atoms with Crippen molar-refractivity contribution < 1.29 is 13.2 Å². The second kappa shape index (κ2) is 6.97. The highest BCUT2D eigenvalue weighted by molar-refractivity contribution is 5.85. The summed E-state index contributed by atoms with van der Waals surface area (Å²) in [5, 5.41) is 3.23. The lowest BCUT2D eigenvalue weighted by molar-refractivity contribution is 0.279. The Hall–Kier alpha value is -0.780. The maximum Gasteiger partial charge on any atom is 0.161 e. The first-order chi connectivity index (χ1) is 8.16. The van der Waals surface area contributed by atoms with E-state index in [-0.39, 0.29) is 18.0 Å². The van der Waals surface area contributed by atoms with E-state index in [0.29, 0.717) is 12.6 Å². The molecule has 0 amide bonds. The molecule has 1 aromatic rings. The average Bonchev–Trinajstić information content (AvgIpc) is 2.54. The molecule has 1 aromatic carbocycles. The van der Waals surface area contributed by atoms with Crippen molar-refractivity contribution in [2.75, 3.05) is 26.2 Å². The molecule has 0 bridgehead atoms. The molecule has 1 N–H and O–H groups in total. The predicted octanol–water partition coefficient (Wildman–Crippen LogP) is 2.32. The van der Waals surface area contributed by atoms with Crippen LogP contribution in [0.15, 0.2) is 12.1 Å². The molecule has 0 radical (unpaired) electrons. The van der Waals surface area contributed by atoms with Gasteiger partial charge in [-0.15, -0.1) is 12.4 Å². The highest BCUT2D eigenvalue weighted by Crippen LogP contribution is 2.16. The van der Waals surface area contributed by atoms with E-state index in [1.807, 2.05) is 4.90 Å². The summed E-state index contributed by atoms with van der Waals surface area (Å²) in [6.07, 6.45) is 0.977. The van der Waals surface area contributed by atoms with Crippen molar-refractivity contribution in [1.29, 1.82) is 0 Å². The molecule has 102 valence electrons. The molecule has 1 fully saturated rings. The summed E-state index contributed by atoms with van der Waals surface area (Å²) in [7, 11) is 0. The lowest BCUT2D eigenvalue weighted by atomic mass is 10.2. The van der Waals surface area contributed by atoms with E-state index < -0.39 is 17.5 Å². The molecule has 1 heterocycles. The van der Waals surface area contributed by atoms with Crippen molar-refractivity contribution in [3.8, 4) is 0 Å². The molecule has 1 aliphatic rings. The first-order valence-electron chi connectivity index (χ1n) is 5.73. The molecule has 0 aromatic heterocycles. The Morgan fingerprint density at radius 3 is 2.50 bits per heavy atom. The third-order valence-corrected chi connectivity index (χ3v) is 2.92. The molecular formula is C12H16ClF3N2. The molecule has 1 aliphatic heterocycles. The van der Waals surface area contributed by atoms with E-state index in [2.05, 4.69) is 5.32 Å². The van der Waals surface area contributed by atoms with Crippen molar-refractivity contribution in [3.05, 3.63) is 35.1 Å². The molecule has 0 spiro atoms. The van der Waals surface area contributed by atoms with Gasteiger partial charge in [0, 0.05) is 31.3 Å². The maximum absolute atomic E-state index is 13.4. The number of rotatable bonds is 2. The van der Waals surface area contributed by atoms with Gasteiger partial charge in [0.2, 0.25) is 0 Å². The Kier molecular flexibility index (Phi) is 5.91. The smallest absolute Gasteiger partial charge is 0.161 e. The monoisotopic (exact) mass is 280 g/mol. The van der Waals surface area contributed by atoms with E-state index in [4.69, 9.17) is 0 Å². The number of nitrogens with zero attached hydrogens (tertiary/aromatic N) is 1. The fraction of sp³-hybridized carbons (Fsp3) is 0.500. The topological polar surface area (TPSA) is 15.3 Å². The van der Waals surface area contributed by atoms with Gasteiger partial charge in [0.05, 0.1) is 0 Å². The maximum atomic E-state index is 13.4. The van der Waals surface area contributed by atoms with Gasteiger partial charge in [-0.05, 0) is 25.6 Å². The highest BCUT2D eigenvalue weighted by Gasteiger charge is 2.14. The zero-order chi connectivity index (χ0) is 12.3. The normalized spacial score (nSPS) is 17.1. The Morgan fingerprint density at radius 2 is 1.72 bits per heavy atom. The lowest BCUT2D eigenvalue weighted by Gasteiger charge is -2.19. The summed E-state index contributed by atoms with van der Waals surface area (Å²) < 4.78 is 39.2. The molecule has 2 nitrogen and oxygen atoms in total. The molecule has 0 saturated carbocycles. The zero-order valence-electron chi connectivity index (χ0n) is 9.89. The van der Waals surface area contributed by atoms with Crippen LogP contribution in [0.2, 0.25) is 0 Å². The molecule has 0 atom stereocenters. The number of nitrogens with one attached hydrogen (secondary N) is 1. The molecule has 6 heteroatoms. The largest absolute Gasteiger partial charge is 0.315 e. The predicted molar refractivity (Wildman–Crippen MR) is 66.3 cm³/mol. The van der Waals surface area contributed by atoms with Gasteiger partial charge in [-0.1, -0.05) is 0 Å². The van der Waals surface area contributed by atoms with E-state index >= 15 is 0 Å². The Morgan fingerprint density at radius 1 is 1.00 bits per heavy atom. The van der Waals surface area contributed by atoms with Crippen LogP contribution in [-0.4, -0.2) is 31.1 Å². The standard InChI is InChI=1S/C12H15F3N2.ClH/c13-10-7-12(15)11(14)6-9(10)8-17-4-1-2-16-3-5-17;/h6-7,16H,1-5,8H2;1H. The van der Waals surface area contributed by atoms with Crippen LogP contribution in [0, 0.1) is 17.5 Å². The SMILES string of the molecule is Cl.Fc1cc(F)c(CN2CCCNCC2)cc1F. The number of hydrogen-bond donors (Lipinski definition) is 1. The van der Waals surface area contributed by atoms with Crippen LogP contribution < -0.4 is 5.32 Å². The fourth-order valence-corrected chi connectivity index (χ4v) is 1.99. The Labute approximate surface area is 111 Å². The van der Waals surface area contributed by atoms with Crippen molar-refractivity contribution in [3.63, 3.8) is 0 Å². The minimum absolute atomic E-state index is 0. The van der Waals surface area contributed by atoms with Gasteiger partial charge in [0.25, 0.3) is 0 Å². The van der Waals surface area contributed by atoms with Crippen LogP contribution in [0.1, 0.15) is 12.0 Å². The van der Waals surface area contributed by atoms with Gasteiger partial charge in [0.15, 0.2) is 11.6 Å². The zero-order valence-corrected chi connectivity index (χ0v) is 10.7. The van der Waals surface area contributed by atoms with Gasteiger partial charge >= 0.3 is 0 Å². The van der Waals surface area contributed by atoms with Crippen molar-refractivity contribution in [2.45, 2.75) is 13.0 Å². The molecule has 0 unspecified atom stereocenters. The van der Waals surface area contributed by atoms with Gasteiger partial charge in [-0.3, -0.25) is 4.90 Å². The minimum Gasteiger partial charge on any atom is -0.315 e. The van der Waals surface area contributed by atoms with Crippen LogP contribution >= 0.6 is 12.4 Å². The Balaban J connectivity index is 0.00000162. The molecule has 18 heavy (non-hydrogen) atoms. The molecule has 2 rings (SSSR count). The van der Waals surface area contributed by atoms with Crippen molar-refractivity contribution in [1.82, 2.24) is 10.2 Å². The van der Waals surface area contributed by atoms with Crippen LogP contribution in [0.25, 0.3) is 0 Å². The number of hydrogen-bond acceptors (Lipinski definition) is 2. The van der Waals surface area contributed by atoms with Crippen LogP contribution in [0.3, 0.4) is 0 Å². The van der Waals surface area contributed by atoms with Crippen molar-refractivity contribution in [2.24, 2.45) is 0 Å². The number of halogens is 4. The van der Waals surface area contributed by atoms with Gasteiger partial charge < -0.3 is 5.32 Å². The quantitative estimate of drug-likeness (QED) is 0.837. The second-order valence-electron chi connectivity index (χ2n) is 4.24. The third-order valence-electron chi connectivity index (χ3n) is 2.92. The first kappa shape index (κ1) is 15.3. The number of benzene rings is 1. The average molecular weight is 281 g/mol. The lowest BCUT2D eigenvalue weighted by Crippen LogP contribution is -2.28. The van der Waals surface area contributed by atoms with E-state index in [9.17, 15) is 13.2 Å². The third kappa shape index (κ3) is 3.86.